The molecule has 2 N–H and O–H groups in total. The first-order valence-electron chi connectivity index (χ1n) is 5.13. The molecule has 0 aliphatic carbocycles. The number of carbonyl (C=O) groups excluding carboxylic acids is 1. The molecular formula is C10H22N2O2. The molecule has 1 unspecified atom stereocenters. The van der Waals surface area contributed by atoms with Gasteiger partial charge in [-0.2, -0.15) is 0 Å². The zero-order valence-electron chi connectivity index (χ0n) is 9.45. The van der Waals surface area contributed by atoms with Crippen molar-refractivity contribution in [3.63, 3.8) is 0 Å². The van der Waals surface area contributed by atoms with Gasteiger partial charge in [-0.1, -0.05) is 13.8 Å². The Balaban J connectivity index is 3.73. The van der Waals surface area contributed by atoms with Crippen LogP contribution in [0, 0.1) is 5.92 Å². The summed E-state index contributed by atoms with van der Waals surface area (Å²) in [6, 6.07) is 0. The van der Waals surface area contributed by atoms with Gasteiger partial charge >= 0.3 is 5.97 Å². The van der Waals surface area contributed by atoms with Crippen molar-refractivity contribution in [3.8, 4) is 0 Å². The van der Waals surface area contributed by atoms with Crippen LogP contribution in [0.4, 0.5) is 0 Å². The van der Waals surface area contributed by atoms with Gasteiger partial charge in [-0.05, 0) is 19.0 Å². The highest BCUT2D eigenvalue weighted by Gasteiger charge is 2.09. The molecule has 0 aromatic carbocycles. The van der Waals surface area contributed by atoms with E-state index in [-0.39, 0.29) is 5.97 Å². The molecule has 0 spiro atoms. The molecule has 0 bridgehead atoms. The van der Waals surface area contributed by atoms with Crippen molar-refractivity contribution >= 4 is 5.97 Å². The van der Waals surface area contributed by atoms with E-state index in [1.807, 2.05) is 0 Å². The van der Waals surface area contributed by atoms with Gasteiger partial charge in [0, 0.05) is 13.1 Å². The molecule has 0 heterocycles. The highest BCUT2D eigenvalue weighted by atomic mass is 16.5. The van der Waals surface area contributed by atoms with Crippen LogP contribution in [-0.2, 0) is 9.53 Å². The SMILES string of the molecule is CCN(CCC(=O)OC)CC(C)CN. The van der Waals surface area contributed by atoms with Gasteiger partial charge in [0.25, 0.3) is 0 Å². The number of rotatable bonds is 7. The van der Waals surface area contributed by atoms with Gasteiger partial charge in [0.1, 0.15) is 0 Å². The van der Waals surface area contributed by atoms with Crippen LogP contribution in [0.1, 0.15) is 20.3 Å². The van der Waals surface area contributed by atoms with Crippen molar-refractivity contribution in [1.82, 2.24) is 4.90 Å². The molecule has 0 aliphatic heterocycles. The molecule has 0 radical (unpaired) electrons. The van der Waals surface area contributed by atoms with Crippen LogP contribution < -0.4 is 5.73 Å². The molecule has 0 rings (SSSR count). The maximum atomic E-state index is 10.9. The summed E-state index contributed by atoms with van der Waals surface area (Å²) in [5, 5.41) is 0. The number of methoxy groups -OCH3 is 1. The monoisotopic (exact) mass is 202 g/mol. The molecule has 84 valence electrons. The summed E-state index contributed by atoms with van der Waals surface area (Å²) < 4.78 is 4.59. The van der Waals surface area contributed by atoms with Crippen molar-refractivity contribution in [2.45, 2.75) is 20.3 Å². The summed E-state index contributed by atoms with van der Waals surface area (Å²) in [7, 11) is 1.42. The zero-order chi connectivity index (χ0) is 11.0. The average molecular weight is 202 g/mol. The number of ether oxygens (including phenoxy) is 1. The number of hydrogen-bond donors (Lipinski definition) is 1. The Bertz CT molecular complexity index is 162. The third-order valence-electron chi connectivity index (χ3n) is 2.28. The van der Waals surface area contributed by atoms with Crippen LogP contribution in [0.15, 0.2) is 0 Å². The minimum atomic E-state index is -0.149. The fraction of sp³-hybridized carbons (Fsp3) is 0.900. The van der Waals surface area contributed by atoms with Crippen LogP contribution in [0.25, 0.3) is 0 Å². The Morgan fingerprint density at radius 1 is 1.57 bits per heavy atom. The normalized spacial score (nSPS) is 12.9. The molecule has 0 aromatic heterocycles. The maximum Gasteiger partial charge on any atom is 0.306 e. The number of nitrogens with two attached hydrogens (primary N) is 1. The van der Waals surface area contributed by atoms with E-state index in [4.69, 9.17) is 5.73 Å². The van der Waals surface area contributed by atoms with E-state index in [1.165, 1.54) is 7.11 Å². The second kappa shape index (κ2) is 7.76. The zero-order valence-corrected chi connectivity index (χ0v) is 9.45. The van der Waals surface area contributed by atoms with E-state index in [0.29, 0.717) is 18.9 Å². The first-order valence-corrected chi connectivity index (χ1v) is 5.13. The third kappa shape index (κ3) is 5.94. The Morgan fingerprint density at radius 2 is 2.21 bits per heavy atom. The Hall–Kier alpha value is -0.610. The van der Waals surface area contributed by atoms with Crippen LogP contribution in [0.2, 0.25) is 0 Å². The number of nitrogens with zero attached hydrogens (tertiary/aromatic N) is 1. The van der Waals surface area contributed by atoms with Crippen LogP contribution >= 0.6 is 0 Å². The van der Waals surface area contributed by atoms with Crippen molar-refractivity contribution in [2.24, 2.45) is 11.7 Å². The van der Waals surface area contributed by atoms with Crippen molar-refractivity contribution in [3.05, 3.63) is 0 Å². The lowest BCUT2D eigenvalue weighted by Gasteiger charge is -2.22. The van der Waals surface area contributed by atoms with E-state index in [0.717, 1.165) is 19.6 Å². The second-order valence-electron chi connectivity index (χ2n) is 3.56. The van der Waals surface area contributed by atoms with Gasteiger partial charge in [0.05, 0.1) is 13.5 Å². The summed E-state index contributed by atoms with van der Waals surface area (Å²) in [6.07, 6.45) is 0.460. The summed E-state index contributed by atoms with van der Waals surface area (Å²) in [5.74, 6) is 0.330. The molecule has 4 heteroatoms. The minimum Gasteiger partial charge on any atom is -0.469 e. The van der Waals surface area contributed by atoms with E-state index < -0.39 is 0 Å². The standard InChI is InChI=1S/C10H22N2O2/c1-4-12(8-9(2)7-11)6-5-10(13)14-3/h9H,4-8,11H2,1-3H3. The van der Waals surface area contributed by atoms with Crippen molar-refractivity contribution in [1.29, 1.82) is 0 Å². The maximum absolute atomic E-state index is 10.9. The highest BCUT2D eigenvalue weighted by Crippen LogP contribution is 1.99. The predicted octanol–water partition coefficient (Wildman–Crippen LogP) is 0.466. The molecule has 0 fully saturated rings. The smallest absolute Gasteiger partial charge is 0.306 e. The number of carbonyl (C=O) groups is 1. The average Bonchev–Trinajstić information content (AvgIpc) is 2.22. The van der Waals surface area contributed by atoms with Gasteiger partial charge in [-0.15, -0.1) is 0 Å². The largest absolute Gasteiger partial charge is 0.469 e. The summed E-state index contributed by atoms with van der Waals surface area (Å²) in [6.45, 7) is 7.54. The second-order valence-corrected chi connectivity index (χ2v) is 3.56. The lowest BCUT2D eigenvalue weighted by molar-refractivity contribution is -0.141. The Morgan fingerprint density at radius 3 is 2.64 bits per heavy atom. The van der Waals surface area contributed by atoms with Crippen LogP contribution in [0.3, 0.4) is 0 Å². The fourth-order valence-electron chi connectivity index (χ4n) is 1.25. The molecule has 4 nitrogen and oxygen atoms in total. The van der Waals surface area contributed by atoms with E-state index in [9.17, 15) is 4.79 Å². The summed E-state index contributed by atoms with van der Waals surface area (Å²) in [5.41, 5.74) is 5.54. The van der Waals surface area contributed by atoms with Gasteiger partial charge in [-0.3, -0.25) is 4.79 Å². The number of esters is 1. The number of hydrogen-bond acceptors (Lipinski definition) is 4. The molecule has 1 atom stereocenters. The molecule has 0 aliphatic rings. The third-order valence-corrected chi connectivity index (χ3v) is 2.28. The van der Waals surface area contributed by atoms with E-state index in [1.54, 1.807) is 0 Å². The van der Waals surface area contributed by atoms with Gasteiger partial charge in [0.15, 0.2) is 0 Å². The van der Waals surface area contributed by atoms with Crippen LogP contribution in [0.5, 0.6) is 0 Å². The molecule has 0 saturated carbocycles. The predicted molar refractivity (Wildman–Crippen MR) is 57.0 cm³/mol. The van der Waals surface area contributed by atoms with Gasteiger partial charge < -0.3 is 15.4 Å². The first kappa shape index (κ1) is 13.4. The highest BCUT2D eigenvalue weighted by molar-refractivity contribution is 5.69. The Kier molecular flexibility index (Phi) is 7.42. The van der Waals surface area contributed by atoms with Gasteiger partial charge in [-0.25, -0.2) is 0 Å². The van der Waals surface area contributed by atoms with E-state index >= 15 is 0 Å². The molecule has 0 saturated heterocycles. The Labute approximate surface area is 86.4 Å². The summed E-state index contributed by atoms with van der Waals surface area (Å²) in [4.78, 5) is 13.1. The lowest BCUT2D eigenvalue weighted by atomic mass is 10.1. The molecular weight excluding hydrogens is 180 g/mol. The van der Waals surface area contributed by atoms with Crippen molar-refractivity contribution in [2.75, 3.05) is 33.3 Å². The van der Waals surface area contributed by atoms with E-state index in [2.05, 4.69) is 23.5 Å². The quantitative estimate of drug-likeness (QED) is 0.610. The topological polar surface area (TPSA) is 55.6 Å². The molecule has 14 heavy (non-hydrogen) atoms. The molecule has 0 aromatic rings. The van der Waals surface area contributed by atoms with Gasteiger partial charge in [0.2, 0.25) is 0 Å². The first-order chi connectivity index (χ1) is 6.63. The molecule has 0 amide bonds. The minimum absolute atomic E-state index is 0.149. The van der Waals surface area contributed by atoms with Crippen LogP contribution in [-0.4, -0.2) is 44.2 Å². The summed E-state index contributed by atoms with van der Waals surface area (Å²) >= 11 is 0. The van der Waals surface area contributed by atoms with Crippen molar-refractivity contribution < 1.29 is 9.53 Å². The fourth-order valence-corrected chi connectivity index (χ4v) is 1.25. The lowest BCUT2D eigenvalue weighted by Crippen LogP contribution is -2.33.